The summed E-state index contributed by atoms with van der Waals surface area (Å²) in [5.74, 6) is -0.561. The van der Waals surface area contributed by atoms with Crippen LogP contribution in [0.4, 0.5) is 0 Å². The van der Waals surface area contributed by atoms with Crippen molar-refractivity contribution in [1.29, 1.82) is 0 Å². The fourth-order valence-electron chi connectivity index (χ4n) is 2.71. The van der Waals surface area contributed by atoms with Crippen molar-refractivity contribution in [3.05, 3.63) is 83.3 Å². The molecule has 0 aliphatic heterocycles. The predicted molar refractivity (Wildman–Crippen MR) is 102 cm³/mol. The topological polar surface area (TPSA) is 69.9 Å². The van der Waals surface area contributed by atoms with Gasteiger partial charge >= 0.3 is 5.97 Å². The van der Waals surface area contributed by atoms with Crippen molar-refractivity contribution < 1.29 is 9.53 Å². The molecule has 0 aliphatic rings. The first-order valence-electron chi connectivity index (χ1n) is 8.35. The number of aromatic nitrogens is 4. The lowest BCUT2D eigenvalue weighted by Crippen LogP contribution is -2.10. The van der Waals surface area contributed by atoms with Gasteiger partial charge in [0.25, 0.3) is 0 Å². The molecule has 4 rings (SSSR count). The average molecular weight is 379 g/mol. The van der Waals surface area contributed by atoms with E-state index < -0.39 is 12.1 Å². The average Bonchev–Trinajstić information content (AvgIpc) is 3.18. The van der Waals surface area contributed by atoms with Crippen molar-refractivity contribution in [2.75, 3.05) is 0 Å². The number of para-hydroxylation sites is 2. The van der Waals surface area contributed by atoms with E-state index in [9.17, 15) is 4.79 Å². The molecule has 0 radical (unpaired) electrons. The van der Waals surface area contributed by atoms with E-state index in [4.69, 9.17) is 16.3 Å². The Morgan fingerprint density at radius 1 is 1.15 bits per heavy atom. The van der Waals surface area contributed by atoms with Crippen molar-refractivity contribution in [3.63, 3.8) is 0 Å². The van der Waals surface area contributed by atoms with Gasteiger partial charge in [0.15, 0.2) is 5.69 Å². The van der Waals surface area contributed by atoms with Gasteiger partial charge in [-0.15, -0.1) is 5.10 Å². The molecule has 4 aromatic rings. The number of esters is 1. The van der Waals surface area contributed by atoms with Crippen LogP contribution in [0.15, 0.2) is 67.0 Å². The first kappa shape index (κ1) is 17.2. The predicted octanol–water partition coefficient (Wildman–Crippen LogP) is 4.39. The van der Waals surface area contributed by atoms with Gasteiger partial charge in [0, 0.05) is 17.1 Å². The lowest BCUT2D eigenvalue weighted by molar-refractivity contribution is 0.0330. The Morgan fingerprint density at radius 2 is 1.93 bits per heavy atom. The summed E-state index contributed by atoms with van der Waals surface area (Å²) in [5, 5.41) is 9.35. The maximum Gasteiger partial charge on any atom is 0.361 e. The molecule has 0 aliphatic carbocycles. The molecule has 7 heteroatoms. The van der Waals surface area contributed by atoms with E-state index in [2.05, 4.69) is 15.3 Å². The van der Waals surface area contributed by atoms with Crippen molar-refractivity contribution in [2.24, 2.45) is 0 Å². The van der Waals surface area contributed by atoms with Gasteiger partial charge in [0.05, 0.1) is 22.4 Å². The van der Waals surface area contributed by atoms with Gasteiger partial charge in [-0.3, -0.25) is 4.98 Å². The Balaban J connectivity index is 1.52. The quantitative estimate of drug-likeness (QED) is 0.493. The number of ether oxygens (including phenoxy) is 1. The van der Waals surface area contributed by atoms with Gasteiger partial charge in [0.2, 0.25) is 0 Å². The van der Waals surface area contributed by atoms with Crippen LogP contribution in [0.3, 0.4) is 0 Å². The number of nitrogens with zero attached hydrogens (tertiary/aromatic N) is 4. The Bertz CT molecular complexity index is 1130. The number of hydrogen-bond donors (Lipinski definition) is 0. The molecule has 1 atom stereocenters. The highest BCUT2D eigenvalue weighted by Crippen LogP contribution is 2.22. The molecule has 2 aromatic heterocycles. The number of pyridine rings is 1. The summed E-state index contributed by atoms with van der Waals surface area (Å²) in [6, 6.07) is 16.9. The maximum absolute atomic E-state index is 12.4. The standard InChI is InChI=1S/C20H15ClN4O2/c1-13(15-10-14-6-2-4-8-17(14)22-11-15)27-20(26)18-12-25(24-23-18)19-9-5-3-7-16(19)21/h2-13H,1H3/t13-/m0/s1. The van der Waals surface area contributed by atoms with Gasteiger partial charge in [0.1, 0.15) is 6.10 Å². The SMILES string of the molecule is C[C@H](OC(=O)c1cn(-c2ccccc2Cl)nn1)c1cnc2ccccc2c1. The number of benzene rings is 2. The summed E-state index contributed by atoms with van der Waals surface area (Å²) in [7, 11) is 0. The van der Waals surface area contributed by atoms with E-state index >= 15 is 0 Å². The van der Waals surface area contributed by atoms with E-state index in [1.54, 1.807) is 25.3 Å². The second-order valence-corrected chi connectivity index (χ2v) is 6.42. The number of fused-ring (bicyclic) bond motifs is 1. The highest BCUT2D eigenvalue weighted by Gasteiger charge is 2.18. The minimum atomic E-state index is -0.561. The molecule has 0 bridgehead atoms. The first-order chi connectivity index (χ1) is 13.1. The van der Waals surface area contributed by atoms with Crippen molar-refractivity contribution in [1.82, 2.24) is 20.0 Å². The Morgan fingerprint density at radius 3 is 2.78 bits per heavy atom. The third-order valence-electron chi connectivity index (χ3n) is 4.17. The zero-order chi connectivity index (χ0) is 18.8. The van der Waals surface area contributed by atoms with Crippen LogP contribution in [0.5, 0.6) is 0 Å². The molecule has 0 fully saturated rings. The normalized spacial score (nSPS) is 12.1. The van der Waals surface area contributed by atoms with E-state index in [0.717, 1.165) is 16.5 Å². The summed E-state index contributed by atoms with van der Waals surface area (Å²) in [6.45, 7) is 1.79. The zero-order valence-corrected chi connectivity index (χ0v) is 15.2. The Kier molecular flexibility index (Phi) is 4.56. The van der Waals surface area contributed by atoms with Crippen LogP contribution in [0.1, 0.15) is 29.1 Å². The van der Waals surface area contributed by atoms with Crippen LogP contribution < -0.4 is 0 Å². The smallest absolute Gasteiger partial charge is 0.361 e. The van der Waals surface area contributed by atoms with Gasteiger partial charge in [-0.1, -0.05) is 47.1 Å². The zero-order valence-electron chi connectivity index (χ0n) is 14.4. The monoisotopic (exact) mass is 378 g/mol. The van der Waals surface area contributed by atoms with Crippen LogP contribution in [0, 0.1) is 0 Å². The van der Waals surface area contributed by atoms with E-state index in [1.807, 2.05) is 42.5 Å². The summed E-state index contributed by atoms with van der Waals surface area (Å²) in [5.41, 5.74) is 2.44. The molecule has 0 saturated carbocycles. The Labute approximate surface area is 160 Å². The largest absolute Gasteiger partial charge is 0.453 e. The summed E-state index contributed by atoms with van der Waals surface area (Å²) >= 11 is 6.15. The van der Waals surface area contributed by atoms with Crippen LogP contribution in [0.25, 0.3) is 16.6 Å². The maximum atomic E-state index is 12.4. The highest BCUT2D eigenvalue weighted by atomic mass is 35.5. The number of carbonyl (C=O) groups excluding carboxylic acids is 1. The molecule has 6 nitrogen and oxygen atoms in total. The highest BCUT2D eigenvalue weighted by molar-refractivity contribution is 6.32. The molecule has 0 saturated heterocycles. The molecule has 0 N–H and O–H groups in total. The molecule has 27 heavy (non-hydrogen) atoms. The number of halogens is 1. The molecular formula is C20H15ClN4O2. The van der Waals surface area contributed by atoms with Gasteiger partial charge < -0.3 is 4.74 Å². The molecule has 134 valence electrons. The number of carbonyl (C=O) groups is 1. The Hall–Kier alpha value is -3.25. The molecule has 0 spiro atoms. The van der Waals surface area contributed by atoms with Crippen LogP contribution in [0.2, 0.25) is 5.02 Å². The van der Waals surface area contributed by atoms with Gasteiger partial charge in [-0.25, -0.2) is 9.48 Å². The minimum absolute atomic E-state index is 0.107. The summed E-state index contributed by atoms with van der Waals surface area (Å²) < 4.78 is 6.97. The first-order valence-corrected chi connectivity index (χ1v) is 8.72. The van der Waals surface area contributed by atoms with Crippen molar-refractivity contribution in [2.45, 2.75) is 13.0 Å². The molecular weight excluding hydrogens is 364 g/mol. The number of rotatable bonds is 4. The van der Waals surface area contributed by atoms with E-state index in [0.29, 0.717) is 10.7 Å². The summed E-state index contributed by atoms with van der Waals surface area (Å²) in [6.07, 6.45) is 2.73. The fraction of sp³-hybridized carbons (Fsp3) is 0.100. The minimum Gasteiger partial charge on any atom is -0.453 e. The van der Waals surface area contributed by atoms with E-state index in [-0.39, 0.29) is 5.69 Å². The number of hydrogen-bond acceptors (Lipinski definition) is 5. The molecule has 0 unspecified atom stereocenters. The van der Waals surface area contributed by atoms with Gasteiger partial charge in [-0.05, 0) is 31.2 Å². The lowest BCUT2D eigenvalue weighted by atomic mass is 10.1. The van der Waals surface area contributed by atoms with E-state index in [1.165, 1.54) is 10.9 Å². The van der Waals surface area contributed by atoms with Crippen molar-refractivity contribution in [3.8, 4) is 5.69 Å². The fourth-order valence-corrected chi connectivity index (χ4v) is 2.93. The third kappa shape index (κ3) is 3.52. The van der Waals surface area contributed by atoms with Gasteiger partial charge in [-0.2, -0.15) is 0 Å². The van der Waals surface area contributed by atoms with Crippen LogP contribution in [-0.4, -0.2) is 25.9 Å². The lowest BCUT2D eigenvalue weighted by Gasteiger charge is -2.12. The van der Waals surface area contributed by atoms with Crippen LogP contribution >= 0.6 is 11.6 Å². The van der Waals surface area contributed by atoms with Crippen LogP contribution in [-0.2, 0) is 4.74 Å². The van der Waals surface area contributed by atoms with Crippen molar-refractivity contribution >= 4 is 28.5 Å². The summed E-state index contributed by atoms with van der Waals surface area (Å²) in [4.78, 5) is 16.8. The second-order valence-electron chi connectivity index (χ2n) is 6.01. The molecule has 0 amide bonds. The molecule has 2 aromatic carbocycles. The third-order valence-corrected chi connectivity index (χ3v) is 4.49. The molecule has 2 heterocycles. The second kappa shape index (κ2) is 7.17.